The van der Waals surface area contributed by atoms with Crippen LogP contribution in [-0.4, -0.2) is 44.6 Å². The first kappa shape index (κ1) is 19.0. The number of rotatable bonds is 4. The van der Waals surface area contributed by atoms with Crippen LogP contribution >= 0.6 is 11.8 Å². The van der Waals surface area contributed by atoms with Crippen molar-refractivity contribution in [1.82, 2.24) is 4.90 Å². The van der Waals surface area contributed by atoms with Crippen molar-refractivity contribution in [2.24, 2.45) is 5.73 Å². The van der Waals surface area contributed by atoms with Crippen LogP contribution in [0.25, 0.3) is 0 Å². The minimum atomic E-state index is -1.27. The Morgan fingerprint density at radius 1 is 1.36 bits per heavy atom. The maximum atomic E-state index is 12.5. The van der Waals surface area contributed by atoms with E-state index in [-0.39, 0.29) is 12.1 Å². The number of non-ortho nitro benzene ring substituents is 1. The molecule has 1 fully saturated rings. The summed E-state index contributed by atoms with van der Waals surface area (Å²) in [6.07, 6.45) is -0.442. The summed E-state index contributed by atoms with van der Waals surface area (Å²) < 4.78 is 5.39. The first-order valence-corrected chi connectivity index (χ1v) is 8.71. The molecule has 1 aromatic rings. The third-order valence-electron chi connectivity index (χ3n) is 3.68. The Morgan fingerprint density at radius 2 is 1.96 bits per heavy atom. The molecule has 0 spiro atoms. The van der Waals surface area contributed by atoms with Gasteiger partial charge in [-0.15, -0.1) is 11.8 Å². The number of ether oxygens (including phenoxy) is 1. The number of thioether (sulfide) groups is 1. The second-order valence-electron chi connectivity index (χ2n) is 6.73. The average Bonchev–Trinajstić information content (AvgIpc) is 2.91. The van der Waals surface area contributed by atoms with Gasteiger partial charge in [0.15, 0.2) is 4.87 Å². The summed E-state index contributed by atoms with van der Waals surface area (Å²) in [7, 11) is 0. The summed E-state index contributed by atoms with van der Waals surface area (Å²) in [5.41, 5.74) is 5.57. The molecule has 136 valence electrons. The number of hydrogen-bond donors (Lipinski definition) is 1. The fourth-order valence-corrected chi connectivity index (χ4v) is 3.91. The molecule has 2 rings (SSSR count). The number of nitrogens with two attached hydrogens (primary N) is 1. The molecule has 0 saturated carbocycles. The summed E-state index contributed by atoms with van der Waals surface area (Å²) in [6, 6.07) is 5.85. The number of primary amides is 1. The SMILES string of the molecule is CC(C)(C)OC(=O)N1CCSC1(Cc1ccc([N+](=O)[O-])cc1)C(N)=O. The summed E-state index contributed by atoms with van der Waals surface area (Å²) >= 11 is 1.28. The van der Waals surface area contributed by atoms with Gasteiger partial charge in [-0.05, 0) is 26.3 Å². The van der Waals surface area contributed by atoms with Crippen LogP contribution in [0.15, 0.2) is 24.3 Å². The maximum Gasteiger partial charge on any atom is 0.411 e. The molecule has 1 aliphatic heterocycles. The second kappa shape index (κ2) is 6.91. The Kier molecular flexibility index (Phi) is 5.26. The molecule has 0 aromatic heterocycles. The summed E-state index contributed by atoms with van der Waals surface area (Å²) in [5.74, 6) is -0.0889. The molecule has 2 N–H and O–H groups in total. The number of hydrogen-bond acceptors (Lipinski definition) is 6. The molecule has 25 heavy (non-hydrogen) atoms. The van der Waals surface area contributed by atoms with E-state index in [1.54, 1.807) is 32.9 Å². The standard InChI is InChI=1S/C16H21N3O5S/c1-15(2,3)24-14(21)18-8-9-25-16(18,13(17)20)10-11-4-6-12(7-5-11)19(22)23/h4-7H,8-10H2,1-3H3,(H2,17,20). The van der Waals surface area contributed by atoms with Crippen LogP contribution in [0.4, 0.5) is 10.5 Å². The Balaban J connectivity index is 2.29. The predicted molar refractivity (Wildman–Crippen MR) is 94.1 cm³/mol. The minimum absolute atomic E-state index is 0.0417. The third kappa shape index (κ3) is 4.22. The lowest BCUT2D eigenvalue weighted by Crippen LogP contribution is -2.56. The number of benzene rings is 1. The van der Waals surface area contributed by atoms with Crippen LogP contribution in [0, 0.1) is 10.1 Å². The maximum absolute atomic E-state index is 12.5. The van der Waals surface area contributed by atoms with Crippen molar-refractivity contribution in [3.05, 3.63) is 39.9 Å². The van der Waals surface area contributed by atoms with Crippen LogP contribution in [0.3, 0.4) is 0 Å². The zero-order chi connectivity index (χ0) is 18.8. The van der Waals surface area contributed by atoms with Gasteiger partial charge in [-0.2, -0.15) is 0 Å². The van der Waals surface area contributed by atoms with Gasteiger partial charge >= 0.3 is 6.09 Å². The van der Waals surface area contributed by atoms with E-state index in [1.807, 2.05) is 0 Å². The highest BCUT2D eigenvalue weighted by Crippen LogP contribution is 2.39. The number of nitro groups is 1. The Labute approximate surface area is 149 Å². The van der Waals surface area contributed by atoms with Gasteiger partial charge in [0, 0.05) is 30.9 Å². The van der Waals surface area contributed by atoms with Gasteiger partial charge in [0.05, 0.1) is 4.92 Å². The number of amides is 2. The van der Waals surface area contributed by atoms with Crippen LogP contribution in [0.5, 0.6) is 0 Å². The van der Waals surface area contributed by atoms with Gasteiger partial charge in [-0.25, -0.2) is 4.79 Å². The van der Waals surface area contributed by atoms with E-state index >= 15 is 0 Å². The molecule has 1 heterocycles. The molecule has 1 atom stereocenters. The molecule has 0 bridgehead atoms. The molecule has 1 aliphatic rings. The van der Waals surface area contributed by atoms with Crippen molar-refractivity contribution in [2.45, 2.75) is 37.7 Å². The van der Waals surface area contributed by atoms with Gasteiger partial charge in [-0.1, -0.05) is 12.1 Å². The molecule has 0 radical (unpaired) electrons. The Morgan fingerprint density at radius 3 is 2.44 bits per heavy atom. The van der Waals surface area contributed by atoms with Crippen LogP contribution in [0.1, 0.15) is 26.3 Å². The van der Waals surface area contributed by atoms with Crippen LogP contribution in [0.2, 0.25) is 0 Å². The molecule has 1 aromatic carbocycles. The summed E-state index contributed by atoms with van der Waals surface area (Å²) in [6.45, 7) is 5.58. The topological polar surface area (TPSA) is 116 Å². The predicted octanol–water partition coefficient (Wildman–Crippen LogP) is 2.30. The highest BCUT2D eigenvalue weighted by atomic mass is 32.2. The molecule has 9 heteroatoms. The van der Waals surface area contributed by atoms with Crippen molar-refractivity contribution in [3.63, 3.8) is 0 Å². The lowest BCUT2D eigenvalue weighted by molar-refractivity contribution is -0.384. The van der Waals surface area contributed by atoms with Gasteiger partial charge in [-0.3, -0.25) is 19.8 Å². The van der Waals surface area contributed by atoms with Crippen molar-refractivity contribution in [1.29, 1.82) is 0 Å². The molecule has 1 unspecified atom stereocenters. The fraction of sp³-hybridized carbons (Fsp3) is 0.500. The van der Waals surface area contributed by atoms with Gasteiger partial charge in [0.1, 0.15) is 5.60 Å². The monoisotopic (exact) mass is 367 g/mol. The lowest BCUT2D eigenvalue weighted by atomic mass is 10.0. The number of nitrogens with zero attached hydrogens (tertiary/aromatic N) is 2. The van der Waals surface area contributed by atoms with Crippen LogP contribution < -0.4 is 5.73 Å². The number of carbonyl (C=O) groups excluding carboxylic acids is 2. The second-order valence-corrected chi connectivity index (χ2v) is 8.10. The number of nitro benzene ring substituents is 1. The average molecular weight is 367 g/mol. The van der Waals surface area contributed by atoms with Gasteiger partial charge < -0.3 is 10.5 Å². The van der Waals surface area contributed by atoms with Crippen molar-refractivity contribution in [2.75, 3.05) is 12.3 Å². The zero-order valence-corrected chi connectivity index (χ0v) is 15.2. The summed E-state index contributed by atoms with van der Waals surface area (Å²) in [5, 5.41) is 10.8. The molecule has 8 nitrogen and oxygen atoms in total. The van der Waals surface area contributed by atoms with E-state index < -0.39 is 27.4 Å². The molecule has 2 amide bonds. The van der Waals surface area contributed by atoms with Gasteiger partial charge in [0.25, 0.3) is 11.6 Å². The van der Waals surface area contributed by atoms with Gasteiger partial charge in [0.2, 0.25) is 0 Å². The lowest BCUT2D eigenvalue weighted by Gasteiger charge is -2.35. The van der Waals surface area contributed by atoms with E-state index in [4.69, 9.17) is 10.5 Å². The Hall–Kier alpha value is -2.29. The zero-order valence-electron chi connectivity index (χ0n) is 14.4. The van der Waals surface area contributed by atoms with E-state index in [0.717, 1.165) is 0 Å². The highest BCUT2D eigenvalue weighted by Gasteiger charge is 2.50. The smallest absolute Gasteiger partial charge is 0.411 e. The van der Waals surface area contributed by atoms with Crippen molar-refractivity contribution >= 4 is 29.4 Å². The quantitative estimate of drug-likeness (QED) is 0.645. The fourth-order valence-electron chi connectivity index (χ4n) is 2.57. The third-order valence-corrected chi connectivity index (χ3v) is 5.11. The molecular weight excluding hydrogens is 346 g/mol. The molecule has 0 aliphatic carbocycles. The van der Waals surface area contributed by atoms with E-state index in [0.29, 0.717) is 17.9 Å². The first-order chi connectivity index (χ1) is 11.5. The molecular formula is C16H21N3O5S. The van der Waals surface area contributed by atoms with Crippen LogP contribution in [-0.2, 0) is 16.0 Å². The normalized spacial score (nSPS) is 20.4. The van der Waals surface area contributed by atoms with Crippen molar-refractivity contribution in [3.8, 4) is 0 Å². The Bertz CT molecular complexity index is 686. The minimum Gasteiger partial charge on any atom is -0.444 e. The number of carbonyl (C=O) groups is 2. The van der Waals surface area contributed by atoms with E-state index in [9.17, 15) is 19.7 Å². The largest absolute Gasteiger partial charge is 0.444 e. The highest BCUT2D eigenvalue weighted by molar-refractivity contribution is 8.01. The summed E-state index contributed by atoms with van der Waals surface area (Å²) in [4.78, 5) is 35.1. The van der Waals surface area contributed by atoms with E-state index in [1.165, 1.54) is 28.8 Å². The van der Waals surface area contributed by atoms with Crippen molar-refractivity contribution < 1.29 is 19.2 Å². The first-order valence-electron chi connectivity index (χ1n) is 7.73. The van der Waals surface area contributed by atoms with E-state index in [2.05, 4.69) is 0 Å². The molecule has 1 saturated heterocycles.